The van der Waals surface area contributed by atoms with Crippen molar-refractivity contribution >= 4 is 17.6 Å². The van der Waals surface area contributed by atoms with Gasteiger partial charge in [-0.3, -0.25) is 5.32 Å². The highest BCUT2D eigenvalue weighted by Crippen LogP contribution is 2.24. The predicted octanol–water partition coefficient (Wildman–Crippen LogP) is 3.87. The molecule has 0 spiro atoms. The van der Waals surface area contributed by atoms with Gasteiger partial charge in [-0.1, -0.05) is 43.0 Å². The van der Waals surface area contributed by atoms with Gasteiger partial charge < -0.3 is 4.74 Å². The second-order valence-corrected chi connectivity index (χ2v) is 5.68. The number of rotatable bonds is 5. The van der Waals surface area contributed by atoms with E-state index in [0.29, 0.717) is 17.7 Å². The summed E-state index contributed by atoms with van der Waals surface area (Å²) in [4.78, 5) is 12.2. The van der Waals surface area contributed by atoms with Gasteiger partial charge in [0.1, 0.15) is 6.04 Å². The Morgan fingerprint density at radius 2 is 2.15 bits per heavy atom. The molecule has 1 aliphatic rings. The Morgan fingerprint density at radius 1 is 1.40 bits per heavy atom. The number of hydrogen-bond acceptors (Lipinski definition) is 3. The van der Waals surface area contributed by atoms with Crippen LogP contribution < -0.4 is 5.32 Å². The molecule has 0 heterocycles. The van der Waals surface area contributed by atoms with Crippen LogP contribution in [0.3, 0.4) is 0 Å². The second-order valence-electron chi connectivity index (χ2n) is 5.24. The standard InChI is InChI=1S/C16H22ClNO2/c1-2-20-16(19)15(12-7-6-8-13(17)11-12)18-14-9-4-3-5-10-14/h6-8,11,14-15,18H,2-5,9-10H2,1H3. The molecule has 1 aromatic carbocycles. The first kappa shape index (κ1) is 15.3. The number of hydrogen-bond donors (Lipinski definition) is 1. The molecule has 0 aromatic heterocycles. The minimum Gasteiger partial charge on any atom is -0.465 e. The van der Waals surface area contributed by atoms with Crippen LogP contribution in [0.15, 0.2) is 24.3 Å². The molecule has 0 aliphatic heterocycles. The molecule has 1 saturated carbocycles. The van der Waals surface area contributed by atoms with Gasteiger partial charge in [-0.25, -0.2) is 4.79 Å². The van der Waals surface area contributed by atoms with E-state index in [0.717, 1.165) is 18.4 Å². The third-order valence-corrected chi connectivity index (χ3v) is 3.95. The zero-order valence-electron chi connectivity index (χ0n) is 11.9. The van der Waals surface area contributed by atoms with Crippen LogP contribution in [-0.2, 0) is 9.53 Å². The van der Waals surface area contributed by atoms with Gasteiger partial charge in [0.15, 0.2) is 0 Å². The van der Waals surface area contributed by atoms with Gasteiger partial charge in [-0.2, -0.15) is 0 Å². The summed E-state index contributed by atoms with van der Waals surface area (Å²) in [5.74, 6) is -0.222. The van der Waals surface area contributed by atoms with Gasteiger partial charge in [-0.15, -0.1) is 0 Å². The third kappa shape index (κ3) is 4.22. The van der Waals surface area contributed by atoms with Crippen LogP contribution >= 0.6 is 11.6 Å². The van der Waals surface area contributed by atoms with Gasteiger partial charge >= 0.3 is 5.97 Å². The van der Waals surface area contributed by atoms with Crippen LogP contribution in [-0.4, -0.2) is 18.6 Å². The lowest BCUT2D eigenvalue weighted by atomic mass is 9.94. The van der Waals surface area contributed by atoms with Crippen LogP contribution in [0.2, 0.25) is 5.02 Å². The largest absolute Gasteiger partial charge is 0.465 e. The maximum atomic E-state index is 12.2. The smallest absolute Gasteiger partial charge is 0.327 e. The molecule has 1 N–H and O–H groups in total. The van der Waals surface area contributed by atoms with E-state index in [1.807, 2.05) is 31.2 Å². The van der Waals surface area contributed by atoms with E-state index in [9.17, 15) is 4.79 Å². The number of carbonyl (C=O) groups excluding carboxylic acids is 1. The van der Waals surface area contributed by atoms with E-state index >= 15 is 0 Å². The summed E-state index contributed by atoms with van der Waals surface area (Å²) in [5, 5.41) is 4.09. The molecule has 0 bridgehead atoms. The fourth-order valence-corrected chi connectivity index (χ4v) is 2.92. The number of carbonyl (C=O) groups is 1. The molecule has 0 saturated heterocycles. The number of ether oxygens (including phenoxy) is 1. The molecule has 110 valence electrons. The summed E-state index contributed by atoms with van der Waals surface area (Å²) in [6.07, 6.45) is 5.98. The zero-order valence-corrected chi connectivity index (χ0v) is 12.7. The zero-order chi connectivity index (χ0) is 14.4. The van der Waals surface area contributed by atoms with E-state index in [4.69, 9.17) is 16.3 Å². The van der Waals surface area contributed by atoms with Crippen molar-refractivity contribution in [2.24, 2.45) is 0 Å². The molecular weight excluding hydrogens is 274 g/mol. The van der Waals surface area contributed by atoms with Crippen molar-refractivity contribution in [3.63, 3.8) is 0 Å². The second kappa shape index (κ2) is 7.65. The highest BCUT2D eigenvalue weighted by atomic mass is 35.5. The Bertz CT molecular complexity index is 444. The molecular formula is C16H22ClNO2. The van der Waals surface area contributed by atoms with Crippen LogP contribution in [0.5, 0.6) is 0 Å². The molecule has 3 nitrogen and oxygen atoms in total. The van der Waals surface area contributed by atoms with E-state index in [-0.39, 0.29) is 5.97 Å². The van der Waals surface area contributed by atoms with Crippen molar-refractivity contribution in [2.45, 2.75) is 51.1 Å². The van der Waals surface area contributed by atoms with E-state index in [2.05, 4.69) is 5.32 Å². The number of esters is 1. The van der Waals surface area contributed by atoms with Crippen LogP contribution in [0.25, 0.3) is 0 Å². The molecule has 20 heavy (non-hydrogen) atoms. The van der Waals surface area contributed by atoms with Gasteiger partial charge in [-0.05, 0) is 37.5 Å². The summed E-state index contributed by atoms with van der Waals surface area (Å²) >= 11 is 6.03. The van der Waals surface area contributed by atoms with E-state index < -0.39 is 6.04 Å². The fourth-order valence-electron chi connectivity index (χ4n) is 2.72. The molecule has 1 unspecified atom stereocenters. The van der Waals surface area contributed by atoms with Gasteiger partial charge in [0, 0.05) is 11.1 Å². The molecule has 1 aromatic rings. The highest BCUT2D eigenvalue weighted by molar-refractivity contribution is 6.30. The number of nitrogens with one attached hydrogen (secondary N) is 1. The number of benzene rings is 1. The summed E-state index contributed by atoms with van der Waals surface area (Å²) in [6.45, 7) is 2.22. The Hall–Kier alpha value is -1.06. The van der Waals surface area contributed by atoms with Gasteiger partial charge in [0.25, 0.3) is 0 Å². The lowest BCUT2D eigenvalue weighted by molar-refractivity contribution is -0.146. The normalized spacial score (nSPS) is 17.7. The Kier molecular flexibility index (Phi) is 5.86. The maximum absolute atomic E-state index is 12.2. The summed E-state index contributed by atoms with van der Waals surface area (Å²) in [6, 6.07) is 7.40. The first-order valence-corrected chi connectivity index (χ1v) is 7.76. The van der Waals surface area contributed by atoms with Crippen molar-refractivity contribution in [3.05, 3.63) is 34.9 Å². The summed E-state index contributed by atoms with van der Waals surface area (Å²) < 4.78 is 5.20. The first-order valence-electron chi connectivity index (χ1n) is 7.39. The van der Waals surface area contributed by atoms with Gasteiger partial charge in [0.05, 0.1) is 6.61 Å². The first-order chi connectivity index (χ1) is 9.70. The Labute approximate surface area is 125 Å². The minimum absolute atomic E-state index is 0.222. The molecule has 0 radical (unpaired) electrons. The topological polar surface area (TPSA) is 38.3 Å². The SMILES string of the molecule is CCOC(=O)C(NC1CCCCC1)c1cccc(Cl)c1. The average Bonchev–Trinajstić information content (AvgIpc) is 2.46. The molecule has 2 rings (SSSR count). The van der Waals surface area contributed by atoms with Crippen molar-refractivity contribution < 1.29 is 9.53 Å². The van der Waals surface area contributed by atoms with Crippen molar-refractivity contribution in [3.8, 4) is 0 Å². The number of halogens is 1. The third-order valence-electron chi connectivity index (χ3n) is 3.71. The quantitative estimate of drug-likeness (QED) is 0.838. The van der Waals surface area contributed by atoms with Crippen LogP contribution in [0.4, 0.5) is 0 Å². The van der Waals surface area contributed by atoms with E-state index in [1.165, 1.54) is 19.3 Å². The maximum Gasteiger partial charge on any atom is 0.327 e. The summed E-state index contributed by atoms with van der Waals surface area (Å²) in [5.41, 5.74) is 0.876. The molecule has 1 aliphatic carbocycles. The van der Waals surface area contributed by atoms with Gasteiger partial charge in [0.2, 0.25) is 0 Å². The average molecular weight is 296 g/mol. The van der Waals surface area contributed by atoms with Crippen LogP contribution in [0.1, 0.15) is 50.6 Å². The van der Waals surface area contributed by atoms with Crippen molar-refractivity contribution in [1.29, 1.82) is 0 Å². The fraction of sp³-hybridized carbons (Fsp3) is 0.562. The molecule has 1 atom stereocenters. The lowest BCUT2D eigenvalue weighted by Gasteiger charge is -2.27. The highest BCUT2D eigenvalue weighted by Gasteiger charge is 2.26. The monoisotopic (exact) mass is 295 g/mol. The predicted molar refractivity (Wildman–Crippen MR) is 80.8 cm³/mol. The van der Waals surface area contributed by atoms with Crippen molar-refractivity contribution in [1.82, 2.24) is 5.32 Å². The Balaban J connectivity index is 2.13. The minimum atomic E-state index is -0.420. The Morgan fingerprint density at radius 3 is 2.80 bits per heavy atom. The van der Waals surface area contributed by atoms with Crippen LogP contribution in [0, 0.1) is 0 Å². The van der Waals surface area contributed by atoms with Crippen molar-refractivity contribution in [2.75, 3.05) is 6.61 Å². The lowest BCUT2D eigenvalue weighted by Crippen LogP contribution is -2.39. The summed E-state index contributed by atoms with van der Waals surface area (Å²) in [7, 11) is 0. The molecule has 0 amide bonds. The van der Waals surface area contributed by atoms with E-state index in [1.54, 1.807) is 0 Å². The molecule has 1 fully saturated rings. The molecule has 4 heteroatoms.